The van der Waals surface area contributed by atoms with Gasteiger partial charge in [0.1, 0.15) is 6.04 Å². The Balaban J connectivity index is 0.000000677. The van der Waals surface area contributed by atoms with Gasteiger partial charge < -0.3 is 15.2 Å². The first-order valence-corrected chi connectivity index (χ1v) is 7.95. The molecule has 2 rings (SSSR count). The van der Waals surface area contributed by atoms with Crippen LogP contribution in [0.5, 0.6) is 0 Å². The molecule has 1 amide bonds. The second-order valence-corrected chi connectivity index (χ2v) is 5.47. The summed E-state index contributed by atoms with van der Waals surface area (Å²) in [5.41, 5.74) is 5.68. The Hall–Kier alpha value is -1.73. The zero-order chi connectivity index (χ0) is 15.7. The van der Waals surface area contributed by atoms with E-state index in [9.17, 15) is 13.8 Å². The van der Waals surface area contributed by atoms with Crippen LogP contribution in [-0.2, 0) is 30.6 Å². The van der Waals surface area contributed by atoms with E-state index in [1.807, 2.05) is 37.3 Å². The van der Waals surface area contributed by atoms with Crippen molar-refractivity contribution in [1.82, 2.24) is 5.32 Å². The van der Waals surface area contributed by atoms with Crippen LogP contribution in [0.25, 0.3) is 0 Å². The van der Waals surface area contributed by atoms with Crippen LogP contribution in [-0.4, -0.2) is 28.7 Å². The predicted molar refractivity (Wildman–Crippen MR) is 80.3 cm³/mol. The van der Waals surface area contributed by atoms with Crippen LogP contribution in [0.4, 0.5) is 0 Å². The number of nitrogens with two attached hydrogens (primary N) is 1. The van der Waals surface area contributed by atoms with E-state index in [1.165, 1.54) is 0 Å². The summed E-state index contributed by atoms with van der Waals surface area (Å²) in [6.07, 6.45) is 0.714. The highest BCUT2D eigenvalue weighted by Gasteiger charge is 2.29. The van der Waals surface area contributed by atoms with Gasteiger partial charge in [0.2, 0.25) is 17.0 Å². The average molecular weight is 312 g/mol. The maximum absolute atomic E-state index is 11.6. The summed E-state index contributed by atoms with van der Waals surface area (Å²) in [6.45, 7) is 2.65. The first kappa shape index (κ1) is 17.3. The second-order valence-electron chi connectivity index (χ2n) is 4.40. The molecular formula is C14H20N2O4S. The van der Waals surface area contributed by atoms with Crippen molar-refractivity contribution < 1.29 is 18.0 Å². The van der Waals surface area contributed by atoms with Crippen molar-refractivity contribution in [3.8, 4) is 0 Å². The van der Waals surface area contributed by atoms with Crippen LogP contribution in [0, 0.1) is 0 Å². The molecule has 21 heavy (non-hydrogen) atoms. The summed E-state index contributed by atoms with van der Waals surface area (Å²) in [6, 6.07) is 8.47. The lowest BCUT2D eigenvalue weighted by Crippen LogP contribution is -2.34. The van der Waals surface area contributed by atoms with Crippen molar-refractivity contribution in [2.45, 2.75) is 31.6 Å². The number of hydrogen-bond donors (Lipinski definition) is 2. The quantitative estimate of drug-likeness (QED) is 0.850. The van der Waals surface area contributed by atoms with Gasteiger partial charge in [0.15, 0.2) is 0 Å². The van der Waals surface area contributed by atoms with Crippen molar-refractivity contribution in [2.75, 3.05) is 6.54 Å². The third kappa shape index (κ3) is 6.50. The Kier molecular flexibility index (Phi) is 7.63. The van der Waals surface area contributed by atoms with E-state index in [2.05, 4.69) is 5.32 Å². The maximum Gasteiger partial charge on any atom is 0.342 e. The highest BCUT2D eigenvalue weighted by atomic mass is 32.2. The molecule has 0 bridgehead atoms. The van der Waals surface area contributed by atoms with E-state index in [1.54, 1.807) is 0 Å². The van der Waals surface area contributed by atoms with Crippen molar-refractivity contribution in [3.63, 3.8) is 0 Å². The van der Waals surface area contributed by atoms with Gasteiger partial charge in [0.05, 0.1) is 5.75 Å². The molecule has 0 saturated carbocycles. The van der Waals surface area contributed by atoms with Crippen molar-refractivity contribution in [3.05, 3.63) is 35.9 Å². The van der Waals surface area contributed by atoms with E-state index >= 15 is 0 Å². The SMILES string of the molecule is CCN.O=C1CCC(C(=O)OS(=O)Cc2ccccc2)N1. The molecule has 1 aromatic carbocycles. The number of carbonyl (C=O) groups is 2. The minimum Gasteiger partial charge on any atom is -0.362 e. The van der Waals surface area contributed by atoms with E-state index in [4.69, 9.17) is 9.92 Å². The van der Waals surface area contributed by atoms with Crippen LogP contribution < -0.4 is 11.1 Å². The molecule has 1 aliphatic rings. The van der Waals surface area contributed by atoms with Crippen LogP contribution in [0.3, 0.4) is 0 Å². The van der Waals surface area contributed by atoms with Gasteiger partial charge in [0, 0.05) is 6.42 Å². The van der Waals surface area contributed by atoms with E-state index in [-0.39, 0.29) is 11.7 Å². The molecular weight excluding hydrogens is 292 g/mol. The van der Waals surface area contributed by atoms with Crippen molar-refractivity contribution in [1.29, 1.82) is 0 Å². The van der Waals surface area contributed by atoms with E-state index in [0.717, 1.165) is 12.1 Å². The molecule has 2 unspecified atom stereocenters. The topological polar surface area (TPSA) is 98.5 Å². The first-order valence-electron chi connectivity index (χ1n) is 6.70. The van der Waals surface area contributed by atoms with E-state index in [0.29, 0.717) is 12.8 Å². The zero-order valence-corrected chi connectivity index (χ0v) is 12.7. The number of carbonyl (C=O) groups excluding carboxylic acids is 2. The normalized spacial score (nSPS) is 18.2. The highest BCUT2D eigenvalue weighted by molar-refractivity contribution is 7.79. The molecule has 1 aromatic rings. The zero-order valence-electron chi connectivity index (χ0n) is 11.9. The minimum atomic E-state index is -1.71. The summed E-state index contributed by atoms with van der Waals surface area (Å²) in [7, 11) is 0. The van der Waals surface area contributed by atoms with Gasteiger partial charge in [-0.2, -0.15) is 0 Å². The monoisotopic (exact) mass is 312 g/mol. The number of nitrogens with one attached hydrogen (secondary N) is 1. The Morgan fingerprint density at radius 1 is 1.43 bits per heavy atom. The fraction of sp³-hybridized carbons (Fsp3) is 0.429. The van der Waals surface area contributed by atoms with Crippen LogP contribution in [0.1, 0.15) is 25.3 Å². The second kappa shape index (κ2) is 9.25. The molecule has 1 saturated heterocycles. The summed E-state index contributed by atoms with van der Waals surface area (Å²) < 4.78 is 16.4. The molecule has 0 spiro atoms. The molecule has 0 aliphatic carbocycles. The summed E-state index contributed by atoms with van der Waals surface area (Å²) in [5, 5.41) is 2.47. The largest absolute Gasteiger partial charge is 0.362 e. The molecule has 7 heteroatoms. The molecule has 1 heterocycles. The standard InChI is InChI=1S/C12H13NO4S.C2H7N/c14-11-7-6-10(13-11)12(15)17-18(16)8-9-4-2-1-3-5-9;1-2-3/h1-5,10H,6-8H2,(H,13,14);2-3H2,1H3. The molecule has 2 atom stereocenters. The van der Waals surface area contributed by atoms with Gasteiger partial charge in [0.25, 0.3) is 0 Å². The Morgan fingerprint density at radius 3 is 2.57 bits per heavy atom. The average Bonchev–Trinajstić information content (AvgIpc) is 2.87. The smallest absolute Gasteiger partial charge is 0.342 e. The Bertz CT molecular complexity index is 493. The lowest BCUT2D eigenvalue weighted by molar-refractivity contribution is -0.136. The minimum absolute atomic E-state index is 0.160. The molecule has 6 nitrogen and oxygen atoms in total. The fourth-order valence-electron chi connectivity index (χ4n) is 1.68. The highest BCUT2D eigenvalue weighted by Crippen LogP contribution is 2.10. The summed E-state index contributed by atoms with van der Waals surface area (Å²) in [4.78, 5) is 22.5. The number of benzene rings is 1. The van der Waals surface area contributed by atoms with Crippen LogP contribution in [0.2, 0.25) is 0 Å². The van der Waals surface area contributed by atoms with Gasteiger partial charge in [-0.1, -0.05) is 37.3 Å². The molecule has 1 aliphatic heterocycles. The number of rotatable bonds is 4. The summed E-state index contributed by atoms with van der Waals surface area (Å²) >= 11 is -1.71. The number of amides is 1. The molecule has 0 aromatic heterocycles. The molecule has 116 valence electrons. The lowest BCUT2D eigenvalue weighted by Gasteiger charge is -2.08. The fourth-order valence-corrected chi connectivity index (χ4v) is 2.50. The molecule has 3 N–H and O–H groups in total. The third-order valence-corrected chi connectivity index (χ3v) is 3.50. The van der Waals surface area contributed by atoms with Crippen molar-refractivity contribution >= 4 is 23.0 Å². The van der Waals surface area contributed by atoms with Crippen LogP contribution >= 0.6 is 0 Å². The van der Waals surface area contributed by atoms with Gasteiger partial charge in [-0.15, -0.1) is 0 Å². The summed E-state index contributed by atoms with van der Waals surface area (Å²) in [5.74, 6) is -0.645. The first-order chi connectivity index (χ1) is 10.1. The number of hydrogen-bond acceptors (Lipinski definition) is 5. The van der Waals surface area contributed by atoms with Crippen molar-refractivity contribution in [2.24, 2.45) is 5.73 Å². The lowest BCUT2D eigenvalue weighted by atomic mass is 10.2. The van der Waals surface area contributed by atoms with Gasteiger partial charge >= 0.3 is 5.97 Å². The van der Waals surface area contributed by atoms with E-state index < -0.39 is 23.1 Å². The Labute approximate surface area is 126 Å². The molecule has 0 radical (unpaired) electrons. The van der Waals surface area contributed by atoms with Gasteiger partial charge in [-0.05, 0) is 18.5 Å². The Morgan fingerprint density at radius 2 is 2.05 bits per heavy atom. The predicted octanol–water partition coefficient (Wildman–Crippen LogP) is 0.637. The van der Waals surface area contributed by atoms with Crippen LogP contribution in [0.15, 0.2) is 30.3 Å². The van der Waals surface area contributed by atoms with Gasteiger partial charge in [-0.25, -0.2) is 9.00 Å². The molecule has 1 fully saturated rings. The maximum atomic E-state index is 11.6. The third-order valence-electron chi connectivity index (χ3n) is 2.58. The van der Waals surface area contributed by atoms with Gasteiger partial charge in [-0.3, -0.25) is 4.79 Å².